The van der Waals surface area contributed by atoms with Gasteiger partial charge in [-0.2, -0.15) is 13.2 Å². The first-order chi connectivity index (χ1) is 16.3. The Kier molecular flexibility index (Phi) is 6.48. The van der Waals surface area contributed by atoms with Crippen LogP contribution in [0.25, 0.3) is 0 Å². The monoisotopic (exact) mass is 493 g/mol. The molecule has 0 N–H and O–H groups in total. The van der Waals surface area contributed by atoms with Gasteiger partial charge in [-0.3, -0.25) is 9.69 Å². The molecule has 2 fully saturated rings. The molecule has 3 heterocycles. The Balaban J connectivity index is 1.43. The molecule has 9 heteroatoms. The van der Waals surface area contributed by atoms with Crippen LogP contribution in [-0.2, 0) is 28.7 Å². The molecule has 2 saturated heterocycles. The molecule has 2 atom stereocenters. The first-order valence-electron chi connectivity index (χ1n) is 11.6. The van der Waals surface area contributed by atoms with Crippen molar-refractivity contribution in [1.29, 1.82) is 0 Å². The predicted octanol–water partition coefficient (Wildman–Crippen LogP) is 4.08. The Morgan fingerprint density at radius 2 is 1.76 bits per heavy atom. The van der Waals surface area contributed by atoms with Crippen molar-refractivity contribution >= 4 is 23.2 Å². The normalized spacial score (nSPS) is 23.4. The van der Waals surface area contributed by atoms with Crippen LogP contribution in [-0.4, -0.2) is 67.7 Å². The SMILES string of the molecule is O=C(C1Cc2cc(C(F)(F)F)ccc2N2CCN(Cc3ccc(Cl)cc3)CC12)N1CCOCC1. The van der Waals surface area contributed by atoms with Crippen LogP contribution < -0.4 is 4.90 Å². The van der Waals surface area contributed by atoms with Gasteiger partial charge in [0.25, 0.3) is 0 Å². The number of benzene rings is 2. The summed E-state index contributed by atoms with van der Waals surface area (Å²) < 4.78 is 45.6. The Morgan fingerprint density at radius 1 is 1.03 bits per heavy atom. The van der Waals surface area contributed by atoms with Gasteiger partial charge < -0.3 is 14.5 Å². The minimum atomic E-state index is -4.41. The second-order valence-corrected chi connectivity index (χ2v) is 9.65. The molecule has 0 aliphatic carbocycles. The van der Waals surface area contributed by atoms with Crippen LogP contribution in [0.15, 0.2) is 42.5 Å². The number of alkyl halides is 3. The summed E-state index contributed by atoms with van der Waals surface area (Å²) in [6.45, 7) is 4.85. The third-order valence-electron chi connectivity index (χ3n) is 7.08. The van der Waals surface area contributed by atoms with E-state index in [2.05, 4.69) is 9.80 Å². The zero-order valence-corrected chi connectivity index (χ0v) is 19.5. The van der Waals surface area contributed by atoms with Crippen molar-refractivity contribution in [1.82, 2.24) is 9.80 Å². The number of amides is 1. The summed E-state index contributed by atoms with van der Waals surface area (Å²) in [4.78, 5) is 19.9. The van der Waals surface area contributed by atoms with Crippen molar-refractivity contribution in [3.8, 4) is 0 Å². The molecule has 182 valence electrons. The maximum absolute atomic E-state index is 13.6. The number of carbonyl (C=O) groups excluding carboxylic acids is 1. The van der Waals surface area contributed by atoms with Crippen molar-refractivity contribution in [3.05, 3.63) is 64.2 Å². The smallest absolute Gasteiger partial charge is 0.378 e. The average molecular weight is 494 g/mol. The lowest BCUT2D eigenvalue weighted by atomic mass is 9.82. The van der Waals surface area contributed by atoms with Gasteiger partial charge in [-0.25, -0.2) is 0 Å². The third kappa shape index (κ3) is 4.76. The summed E-state index contributed by atoms with van der Waals surface area (Å²) in [6, 6.07) is 11.6. The molecule has 0 bridgehead atoms. The molecule has 0 radical (unpaired) electrons. The van der Waals surface area contributed by atoms with Crippen molar-refractivity contribution in [2.45, 2.75) is 25.2 Å². The molecule has 0 aromatic heterocycles. The molecule has 3 aliphatic heterocycles. The minimum absolute atomic E-state index is 0.00899. The number of hydrogen-bond donors (Lipinski definition) is 0. The van der Waals surface area contributed by atoms with Crippen LogP contribution in [0.4, 0.5) is 18.9 Å². The van der Waals surface area contributed by atoms with Gasteiger partial charge in [-0.15, -0.1) is 0 Å². The molecule has 2 aromatic carbocycles. The number of fused-ring (bicyclic) bond motifs is 3. The number of rotatable bonds is 3. The predicted molar refractivity (Wildman–Crippen MR) is 124 cm³/mol. The summed E-state index contributed by atoms with van der Waals surface area (Å²) in [5.74, 6) is -0.392. The van der Waals surface area contributed by atoms with Crippen molar-refractivity contribution < 1.29 is 22.7 Å². The highest BCUT2D eigenvalue weighted by molar-refractivity contribution is 6.30. The van der Waals surface area contributed by atoms with Gasteiger partial charge in [0.1, 0.15) is 0 Å². The van der Waals surface area contributed by atoms with Crippen molar-refractivity contribution in [2.75, 3.05) is 50.8 Å². The fourth-order valence-electron chi connectivity index (χ4n) is 5.35. The maximum Gasteiger partial charge on any atom is 0.416 e. The number of ether oxygens (including phenoxy) is 1. The lowest BCUT2D eigenvalue weighted by Crippen LogP contribution is -2.61. The second kappa shape index (κ2) is 9.40. The molecule has 34 heavy (non-hydrogen) atoms. The Bertz CT molecular complexity index is 1040. The van der Waals surface area contributed by atoms with E-state index in [1.807, 2.05) is 29.2 Å². The topological polar surface area (TPSA) is 36.0 Å². The summed E-state index contributed by atoms with van der Waals surface area (Å²) in [5.41, 5.74) is 1.89. The largest absolute Gasteiger partial charge is 0.416 e. The van der Waals surface area contributed by atoms with E-state index in [-0.39, 0.29) is 11.9 Å². The Labute approximate surface area is 202 Å². The van der Waals surface area contributed by atoms with Gasteiger partial charge in [0.05, 0.1) is 30.7 Å². The van der Waals surface area contributed by atoms with Gasteiger partial charge in [-0.05, 0) is 47.9 Å². The van der Waals surface area contributed by atoms with E-state index < -0.39 is 17.7 Å². The highest BCUT2D eigenvalue weighted by Crippen LogP contribution is 2.40. The first kappa shape index (κ1) is 23.5. The summed E-state index contributed by atoms with van der Waals surface area (Å²) in [7, 11) is 0. The molecular weight excluding hydrogens is 467 g/mol. The number of anilines is 1. The Hall–Kier alpha value is -2.29. The molecule has 5 rings (SSSR count). The number of morpholine rings is 1. The fraction of sp³-hybridized carbons (Fsp3) is 0.480. The van der Waals surface area contributed by atoms with Crippen LogP contribution in [0.2, 0.25) is 5.02 Å². The lowest BCUT2D eigenvalue weighted by molar-refractivity contribution is -0.141. The average Bonchev–Trinajstić information content (AvgIpc) is 2.84. The van der Waals surface area contributed by atoms with Crippen molar-refractivity contribution in [3.63, 3.8) is 0 Å². The standard InChI is InChI=1S/C25H27ClF3N3O2/c26-20-4-1-17(2-5-20)15-30-7-8-32-22-6-3-19(25(27,28)29)13-18(22)14-21(23(32)16-30)24(33)31-9-11-34-12-10-31/h1-6,13,21,23H,7-12,14-16H2. The van der Waals surface area contributed by atoms with Crippen LogP contribution in [0.3, 0.4) is 0 Å². The maximum atomic E-state index is 13.6. The van der Waals surface area contributed by atoms with Gasteiger partial charge in [0.15, 0.2) is 0 Å². The number of piperazine rings is 1. The third-order valence-corrected chi connectivity index (χ3v) is 7.33. The van der Waals surface area contributed by atoms with Gasteiger partial charge >= 0.3 is 6.18 Å². The van der Waals surface area contributed by atoms with Crippen molar-refractivity contribution in [2.24, 2.45) is 5.92 Å². The molecular formula is C25H27ClF3N3O2. The van der Waals surface area contributed by atoms with E-state index in [4.69, 9.17) is 16.3 Å². The van der Waals surface area contributed by atoms with Crippen LogP contribution in [0.1, 0.15) is 16.7 Å². The molecule has 0 spiro atoms. The van der Waals surface area contributed by atoms with E-state index in [1.165, 1.54) is 6.07 Å². The van der Waals surface area contributed by atoms with E-state index >= 15 is 0 Å². The second-order valence-electron chi connectivity index (χ2n) is 9.21. The minimum Gasteiger partial charge on any atom is -0.378 e. The number of nitrogens with zero attached hydrogens (tertiary/aromatic N) is 3. The molecule has 3 aliphatic rings. The van der Waals surface area contributed by atoms with Crippen LogP contribution >= 0.6 is 11.6 Å². The van der Waals surface area contributed by atoms with Crippen LogP contribution in [0, 0.1) is 5.92 Å². The van der Waals surface area contributed by atoms with E-state index in [0.29, 0.717) is 56.4 Å². The van der Waals surface area contributed by atoms with E-state index in [9.17, 15) is 18.0 Å². The summed E-state index contributed by atoms with van der Waals surface area (Å²) in [5, 5.41) is 0.687. The Morgan fingerprint density at radius 3 is 2.47 bits per heavy atom. The molecule has 2 unspecified atom stereocenters. The van der Waals surface area contributed by atoms with E-state index in [0.717, 1.165) is 30.4 Å². The van der Waals surface area contributed by atoms with Crippen LogP contribution in [0.5, 0.6) is 0 Å². The fourth-order valence-corrected chi connectivity index (χ4v) is 5.48. The first-order valence-corrected chi connectivity index (χ1v) is 12.0. The number of halogens is 4. The highest BCUT2D eigenvalue weighted by atomic mass is 35.5. The highest BCUT2D eigenvalue weighted by Gasteiger charge is 2.44. The van der Waals surface area contributed by atoms with Gasteiger partial charge in [0.2, 0.25) is 5.91 Å². The quantitative estimate of drug-likeness (QED) is 0.645. The van der Waals surface area contributed by atoms with Gasteiger partial charge in [0, 0.05) is 50.0 Å². The number of hydrogen-bond acceptors (Lipinski definition) is 4. The zero-order valence-electron chi connectivity index (χ0n) is 18.7. The molecule has 0 saturated carbocycles. The molecule has 1 amide bonds. The summed E-state index contributed by atoms with van der Waals surface area (Å²) >= 11 is 6.02. The molecule has 5 nitrogen and oxygen atoms in total. The zero-order chi connectivity index (χ0) is 23.9. The molecule has 2 aromatic rings. The van der Waals surface area contributed by atoms with Gasteiger partial charge in [-0.1, -0.05) is 23.7 Å². The lowest BCUT2D eigenvalue weighted by Gasteiger charge is -2.50. The summed E-state index contributed by atoms with van der Waals surface area (Å²) in [6.07, 6.45) is -4.10. The number of carbonyl (C=O) groups is 1. The van der Waals surface area contributed by atoms with E-state index in [1.54, 1.807) is 6.07 Å².